The summed E-state index contributed by atoms with van der Waals surface area (Å²) < 4.78 is 5.38. The first kappa shape index (κ1) is 30.7. The highest BCUT2D eigenvalue weighted by Gasteiger charge is 2.39. The van der Waals surface area contributed by atoms with Gasteiger partial charge in [-0.25, -0.2) is 0 Å². The molecule has 2 amide bonds. The minimum absolute atomic E-state index is 0.0891. The molecule has 4 aromatic carbocycles. The van der Waals surface area contributed by atoms with Gasteiger partial charge < -0.3 is 20.7 Å². The van der Waals surface area contributed by atoms with Crippen LogP contribution in [-0.4, -0.2) is 51.1 Å². The number of methoxy groups -OCH3 is 1. The average Bonchev–Trinajstić information content (AvgIpc) is 3.57. The van der Waals surface area contributed by atoms with Gasteiger partial charge >= 0.3 is 0 Å². The van der Waals surface area contributed by atoms with Crippen molar-refractivity contribution in [3.8, 4) is 28.3 Å². The summed E-state index contributed by atoms with van der Waals surface area (Å²) in [5, 5.41) is 17.6. The number of fused-ring (bicyclic) bond motifs is 1. The molecule has 0 saturated heterocycles. The van der Waals surface area contributed by atoms with Gasteiger partial charge in [0.15, 0.2) is 0 Å². The summed E-state index contributed by atoms with van der Waals surface area (Å²) in [4.78, 5) is 29.7. The third-order valence-corrected chi connectivity index (χ3v) is 8.25. The number of ether oxygens (including phenoxy) is 1. The molecular formula is C36H37N7O3. The second-order valence-electron chi connectivity index (χ2n) is 12.3. The van der Waals surface area contributed by atoms with Crippen molar-refractivity contribution in [3.05, 3.63) is 114 Å². The maximum Gasteiger partial charge on any atom is 0.250 e. The number of aromatic nitrogens is 4. The molecular weight excluding hydrogens is 578 g/mol. The van der Waals surface area contributed by atoms with E-state index in [1.54, 1.807) is 25.9 Å². The van der Waals surface area contributed by atoms with E-state index >= 15 is 0 Å². The Hall–Kier alpha value is -5.35. The van der Waals surface area contributed by atoms with Gasteiger partial charge in [-0.05, 0) is 71.5 Å². The van der Waals surface area contributed by atoms with Crippen molar-refractivity contribution in [2.75, 3.05) is 12.0 Å². The number of anilines is 1. The van der Waals surface area contributed by atoms with Crippen molar-refractivity contribution in [1.82, 2.24) is 25.9 Å². The van der Waals surface area contributed by atoms with Crippen LogP contribution < -0.4 is 20.7 Å². The van der Waals surface area contributed by atoms with Crippen molar-refractivity contribution < 1.29 is 14.3 Å². The molecule has 1 aliphatic rings. The lowest BCUT2D eigenvalue weighted by Crippen LogP contribution is -2.52. The molecule has 1 aromatic heterocycles. The number of para-hydroxylation sites is 1. The Labute approximate surface area is 268 Å². The first-order chi connectivity index (χ1) is 22.2. The third-order valence-electron chi connectivity index (χ3n) is 8.25. The fraction of sp³-hybridized carbons (Fsp3) is 0.250. The molecule has 0 fully saturated rings. The minimum Gasteiger partial charge on any atom is -0.497 e. The van der Waals surface area contributed by atoms with Crippen LogP contribution in [-0.2, 0) is 22.6 Å². The maximum absolute atomic E-state index is 14.6. The van der Waals surface area contributed by atoms with E-state index in [2.05, 4.69) is 32.0 Å². The molecule has 0 saturated carbocycles. The number of nitrogens with two attached hydrogens (primary N) is 1. The highest BCUT2D eigenvalue weighted by Crippen LogP contribution is 2.37. The van der Waals surface area contributed by atoms with E-state index in [-0.39, 0.29) is 24.2 Å². The van der Waals surface area contributed by atoms with Crippen molar-refractivity contribution in [2.45, 2.75) is 50.7 Å². The summed E-state index contributed by atoms with van der Waals surface area (Å²) >= 11 is 0. The number of amides is 2. The molecule has 2 atom stereocenters. The van der Waals surface area contributed by atoms with E-state index in [9.17, 15) is 9.59 Å². The van der Waals surface area contributed by atoms with Gasteiger partial charge in [0.2, 0.25) is 11.7 Å². The number of hydrogen-bond donors (Lipinski definition) is 3. The number of nitrogens with zero attached hydrogens (tertiary/aromatic N) is 4. The minimum atomic E-state index is -0.809. The summed E-state index contributed by atoms with van der Waals surface area (Å²) in [5.41, 5.74) is 12.0. The molecule has 0 spiro atoms. The number of aromatic amines is 1. The Bertz CT molecular complexity index is 1810. The fourth-order valence-electron chi connectivity index (χ4n) is 6.06. The van der Waals surface area contributed by atoms with Crippen LogP contribution in [0.15, 0.2) is 97.1 Å². The molecule has 0 bridgehead atoms. The first-order valence-corrected chi connectivity index (χ1v) is 15.2. The predicted octanol–water partition coefficient (Wildman–Crippen LogP) is 5.03. The molecule has 0 radical (unpaired) electrons. The number of hydrogen-bond acceptors (Lipinski definition) is 7. The standard InChI is InChI=1S/C36H37N7O3/c1-36(2,37)21-32(44)38-33-30(25-16-18-27(46-3)19-17-25)20-26-8-4-7-11-31(26)43(35(33)45)22-23-12-14-24(15-13-23)28-9-5-6-10-29(28)34-39-41-42-40-34/h4-19,30,33H,20-22,37H2,1-3H3,(H,38,44)(H,39,40,41,42). The van der Waals surface area contributed by atoms with Crippen LogP contribution in [0.5, 0.6) is 5.75 Å². The molecule has 0 aliphatic carbocycles. The summed E-state index contributed by atoms with van der Waals surface area (Å²) in [6, 6.07) is 30.8. The zero-order chi connectivity index (χ0) is 32.3. The topological polar surface area (TPSA) is 139 Å². The average molecular weight is 616 g/mol. The van der Waals surface area contributed by atoms with E-state index in [4.69, 9.17) is 10.5 Å². The van der Waals surface area contributed by atoms with Gasteiger partial charge in [-0.1, -0.05) is 78.9 Å². The van der Waals surface area contributed by atoms with E-state index in [1.165, 1.54) is 0 Å². The van der Waals surface area contributed by atoms with Crippen LogP contribution in [0.1, 0.15) is 42.9 Å². The smallest absolute Gasteiger partial charge is 0.250 e. The number of benzene rings is 4. The van der Waals surface area contributed by atoms with Crippen molar-refractivity contribution in [1.29, 1.82) is 0 Å². The molecule has 2 heterocycles. The van der Waals surface area contributed by atoms with Crippen LogP contribution in [0.2, 0.25) is 0 Å². The predicted molar refractivity (Wildman–Crippen MR) is 177 cm³/mol. The normalized spacial score (nSPS) is 16.4. The number of rotatable bonds is 9. The summed E-state index contributed by atoms with van der Waals surface area (Å²) in [6.07, 6.45) is 0.652. The van der Waals surface area contributed by atoms with E-state index in [0.717, 1.165) is 44.8 Å². The lowest BCUT2D eigenvalue weighted by molar-refractivity contribution is -0.128. The molecule has 1 aliphatic heterocycles. The number of H-pyrrole nitrogens is 1. The Balaban J connectivity index is 1.35. The molecule has 234 valence electrons. The van der Waals surface area contributed by atoms with Gasteiger partial charge in [0, 0.05) is 29.1 Å². The van der Waals surface area contributed by atoms with Crippen LogP contribution in [0.25, 0.3) is 22.5 Å². The lowest BCUT2D eigenvalue weighted by Gasteiger charge is -2.30. The molecule has 4 N–H and O–H groups in total. The monoisotopic (exact) mass is 615 g/mol. The molecule has 10 nitrogen and oxygen atoms in total. The molecule has 10 heteroatoms. The summed E-state index contributed by atoms with van der Waals surface area (Å²) in [5.74, 6) is 0.488. The quantitative estimate of drug-likeness (QED) is 0.211. The molecule has 2 unspecified atom stereocenters. The highest BCUT2D eigenvalue weighted by molar-refractivity contribution is 6.01. The highest BCUT2D eigenvalue weighted by atomic mass is 16.5. The van der Waals surface area contributed by atoms with E-state index < -0.39 is 11.6 Å². The van der Waals surface area contributed by atoms with E-state index in [0.29, 0.717) is 18.8 Å². The summed E-state index contributed by atoms with van der Waals surface area (Å²) in [6.45, 7) is 3.93. The van der Waals surface area contributed by atoms with Crippen molar-refractivity contribution >= 4 is 17.5 Å². The zero-order valence-electron chi connectivity index (χ0n) is 26.1. The van der Waals surface area contributed by atoms with Gasteiger partial charge in [0.05, 0.1) is 13.7 Å². The van der Waals surface area contributed by atoms with Gasteiger partial charge in [-0.2, -0.15) is 5.21 Å². The van der Waals surface area contributed by atoms with Crippen LogP contribution in [0.4, 0.5) is 5.69 Å². The van der Waals surface area contributed by atoms with Gasteiger partial charge in [0.1, 0.15) is 11.8 Å². The maximum atomic E-state index is 14.6. The van der Waals surface area contributed by atoms with E-state index in [1.807, 2.05) is 91.0 Å². The van der Waals surface area contributed by atoms with Crippen molar-refractivity contribution in [3.63, 3.8) is 0 Å². The number of tetrazole rings is 1. The second kappa shape index (κ2) is 12.9. The number of carbonyl (C=O) groups is 2. The Morgan fingerprint density at radius 1 is 0.978 bits per heavy atom. The van der Waals surface area contributed by atoms with Gasteiger partial charge in [-0.3, -0.25) is 9.59 Å². The zero-order valence-corrected chi connectivity index (χ0v) is 26.1. The Morgan fingerprint density at radius 2 is 1.67 bits per heavy atom. The van der Waals surface area contributed by atoms with Crippen LogP contribution in [0.3, 0.4) is 0 Å². The van der Waals surface area contributed by atoms with Crippen LogP contribution in [0, 0.1) is 0 Å². The van der Waals surface area contributed by atoms with Gasteiger partial charge in [-0.15, -0.1) is 10.2 Å². The molecule has 6 rings (SSSR count). The molecule has 46 heavy (non-hydrogen) atoms. The lowest BCUT2D eigenvalue weighted by atomic mass is 9.86. The van der Waals surface area contributed by atoms with Crippen molar-refractivity contribution in [2.24, 2.45) is 5.73 Å². The fourth-order valence-corrected chi connectivity index (χ4v) is 6.06. The molecule has 5 aromatic rings. The number of nitrogens with one attached hydrogen (secondary N) is 2. The summed E-state index contributed by atoms with van der Waals surface area (Å²) in [7, 11) is 1.62. The van der Waals surface area contributed by atoms with Gasteiger partial charge in [0.25, 0.3) is 5.91 Å². The Kier molecular flexibility index (Phi) is 8.63. The largest absolute Gasteiger partial charge is 0.497 e. The number of carbonyl (C=O) groups excluding carboxylic acids is 2. The van der Waals surface area contributed by atoms with Crippen LogP contribution >= 0.6 is 0 Å². The third kappa shape index (κ3) is 6.67. The second-order valence-corrected chi connectivity index (χ2v) is 12.3. The Morgan fingerprint density at radius 3 is 2.35 bits per heavy atom. The SMILES string of the molecule is COc1ccc(C2Cc3ccccc3N(Cc3ccc(-c4ccccc4-c4nn[nH]n4)cc3)C(=O)C2NC(=O)CC(C)(C)N)cc1. The first-order valence-electron chi connectivity index (χ1n) is 15.2.